The van der Waals surface area contributed by atoms with Crippen LogP contribution in [0.4, 0.5) is 0 Å². The topological polar surface area (TPSA) is 0 Å². The van der Waals surface area contributed by atoms with Gasteiger partial charge in [0.25, 0.3) is 0 Å². The zero-order valence-corrected chi connectivity index (χ0v) is 25.7. The number of rotatable bonds is 3. The largest absolute Gasteiger partial charge is 0.0712 e. The van der Waals surface area contributed by atoms with E-state index in [4.69, 9.17) is 0 Å². The van der Waals surface area contributed by atoms with Crippen molar-refractivity contribution in [3.8, 4) is 0 Å². The Hall–Kier alpha value is -0.129. The van der Waals surface area contributed by atoms with Crippen molar-refractivity contribution >= 4 is 28.2 Å². The second-order valence-electron chi connectivity index (χ2n) is 14.4. The van der Waals surface area contributed by atoms with Crippen molar-refractivity contribution in [1.82, 2.24) is 0 Å². The van der Waals surface area contributed by atoms with Gasteiger partial charge in [0.1, 0.15) is 0 Å². The molecular formula is C26H51Si3. The monoisotopic (exact) mass is 447 g/mol. The summed E-state index contributed by atoms with van der Waals surface area (Å²) in [6.45, 7) is 40.3. The van der Waals surface area contributed by atoms with Gasteiger partial charge in [-0.05, 0) is 32.0 Å². The molecule has 0 aliphatic heterocycles. The summed E-state index contributed by atoms with van der Waals surface area (Å²) in [6, 6.07) is 7.79. The summed E-state index contributed by atoms with van der Waals surface area (Å²) in [5.41, 5.74) is 3.42. The van der Waals surface area contributed by atoms with Crippen LogP contribution in [0.15, 0.2) is 18.2 Å². The van der Waals surface area contributed by atoms with E-state index in [1.165, 1.54) is 11.1 Å². The maximum atomic E-state index is 2.71. The molecule has 0 spiro atoms. The second-order valence-corrected chi connectivity index (χ2v) is 37.3. The third-order valence-corrected chi connectivity index (χ3v) is 43.8. The first-order chi connectivity index (χ1) is 12.4. The molecule has 0 heterocycles. The van der Waals surface area contributed by atoms with Crippen molar-refractivity contribution in [2.24, 2.45) is 0 Å². The molecule has 0 amide bonds. The lowest BCUT2D eigenvalue weighted by molar-refractivity contribution is 0.569. The fourth-order valence-corrected chi connectivity index (χ4v) is 44.2. The normalized spacial score (nSPS) is 15.2. The Morgan fingerprint density at radius 3 is 1.00 bits per heavy atom. The molecule has 3 heteroatoms. The van der Waals surface area contributed by atoms with E-state index in [1.807, 2.05) is 0 Å². The molecule has 0 aromatic heterocycles. The van der Waals surface area contributed by atoms with Gasteiger partial charge in [-0.15, -0.1) is 0 Å². The van der Waals surface area contributed by atoms with Crippen LogP contribution < -0.4 is 5.19 Å². The standard InChI is InChI=1S/C26H51Si3/c1-23(2,3)20-17-21(24(4,5)6)19-22(18-20)27(28(13,14)25(7,8)9)29(15,16)26(10,11)12/h17-19H,1-16H3. The highest BCUT2D eigenvalue weighted by atomic mass is 29.6. The maximum absolute atomic E-state index is 2.71. The van der Waals surface area contributed by atoms with E-state index in [-0.39, 0.29) is 10.8 Å². The quantitative estimate of drug-likeness (QED) is 0.410. The third-order valence-electron chi connectivity index (χ3n) is 7.95. The highest BCUT2D eigenvalue weighted by molar-refractivity contribution is 7.65. The molecule has 0 saturated carbocycles. The highest BCUT2D eigenvalue weighted by Gasteiger charge is 2.55. The molecule has 1 radical (unpaired) electrons. The molecule has 1 rings (SSSR count). The minimum absolute atomic E-state index is 0.184. The summed E-state index contributed by atoms with van der Waals surface area (Å²) < 4.78 is 0. The molecule has 0 saturated heterocycles. The molecule has 0 atom stereocenters. The third kappa shape index (κ3) is 5.57. The van der Waals surface area contributed by atoms with Gasteiger partial charge in [-0.1, -0.05) is 133 Å². The first-order valence-electron chi connectivity index (χ1n) is 11.5. The smallest absolute Gasteiger partial charge is 0.0710 e. The van der Waals surface area contributed by atoms with E-state index in [1.54, 1.807) is 5.19 Å². The van der Waals surface area contributed by atoms with Gasteiger partial charge in [-0.25, -0.2) is 0 Å². The van der Waals surface area contributed by atoms with Crippen molar-refractivity contribution in [3.05, 3.63) is 29.3 Å². The van der Waals surface area contributed by atoms with E-state index < -0.39 is 23.0 Å². The first-order valence-corrected chi connectivity index (χ1v) is 21.0. The molecule has 0 nitrogen and oxygen atoms in total. The Morgan fingerprint density at radius 2 is 0.793 bits per heavy atom. The average Bonchev–Trinajstić information content (AvgIpc) is 2.42. The Labute approximate surface area is 187 Å². The van der Waals surface area contributed by atoms with Crippen LogP contribution >= 0.6 is 0 Å². The predicted octanol–water partition coefficient (Wildman–Crippen LogP) is 8.16. The Morgan fingerprint density at radius 1 is 0.517 bits per heavy atom. The molecule has 0 fully saturated rings. The van der Waals surface area contributed by atoms with Gasteiger partial charge >= 0.3 is 0 Å². The molecule has 0 unspecified atom stereocenters. The molecule has 1 aromatic carbocycles. The minimum Gasteiger partial charge on any atom is -0.0710 e. The predicted molar refractivity (Wildman–Crippen MR) is 144 cm³/mol. The molecular weight excluding hydrogens is 397 g/mol. The first kappa shape index (κ1) is 26.9. The number of hydrogen-bond acceptors (Lipinski definition) is 0. The van der Waals surface area contributed by atoms with Crippen LogP contribution in [0.25, 0.3) is 0 Å². The van der Waals surface area contributed by atoms with E-state index in [0.717, 1.165) is 0 Å². The van der Waals surface area contributed by atoms with Gasteiger partial charge < -0.3 is 0 Å². The number of benzene rings is 1. The van der Waals surface area contributed by atoms with E-state index >= 15 is 0 Å². The lowest BCUT2D eigenvalue weighted by Gasteiger charge is -2.53. The summed E-state index contributed by atoms with van der Waals surface area (Å²) in [6.07, 6.45) is 0. The molecule has 167 valence electrons. The molecule has 1 aromatic rings. The van der Waals surface area contributed by atoms with Gasteiger partial charge in [-0.2, -0.15) is 0 Å². The Bertz CT molecular complexity index is 656. The lowest BCUT2D eigenvalue weighted by atomic mass is 9.81. The zero-order chi connectivity index (χ0) is 23.4. The number of hydrogen-bond donors (Lipinski definition) is 0. The average molecular weight is 448 g/mol. The summed E-state index contributed by atoms with van der Waals surface area (Å²) >= 11 is 0. The van der Waals surface area contributed by atoms with Crippen LogP contribution in [0, 0.1) is 0 Å². The summed E-state index contributed by atoms with van der Waals surface area (Å²) in [7, 11) is -3.72. The van der Waals surface area contributed by atoms with Crippen molar-refractivity contribution in [3.63, 3.8) is 0 Å². The molecule has 0 N–H and O–H groups in total. The van der Waals surface area contributed by atoms with Crippen molar-refractivity contribution in [1.29, 1.82) is 0 Å². The van der Waals surface area contributed by atoms with Gasteiger partial charge in [0.05, 0.1) is 7.83 Å². The van der Waals surface area contributed by atoms with Gasteiger partial charge in [0.2, 0.25) is 0 Å². The van der Waals surface area contributed by atoms with Gasteiger partial charge in [-0.3, -0.25) is 0 Å². The van der Waals surface area contributed by atoms with Crippen LogP contribution in [0.5, 0.6) is 0 Å². The summed E-state index contributed by atoms with van der Waals surface area (Å²) in [5.74, 6) is 0. The molecule has 0 aliphatic carbocycles. The molecule has 29 heavy (non-hydrogen) atoms. The van der Waals surface area contributed by atoms with Crippen LogP contribution in [0.2, 0.25) is 36.3 Å². The van der Waals surface area contributed by atoms with Gasteiger partial charge in [0.15, 0.2) is 0 Å². The van der Waals surface area contributed by atoms with E-state index in [0.29, 0.717) is 10.1 Å². The van der Waals surface area contributed by atoms with Crippen LogP contribution in [0.3, 0.4) is 0 Å². The fraction of sp³-hybridized carbons (Fsp3) is 0.769. The van der Waals surface area contributed by atoms with Crippen LogP contribution in [0.1, 0.15) is 94.2 Å². The van der Waals surface area contributed by atoms with E-state index in [9.17, 15) is 0 Å². The summed E-state index contributed by atoms with van der Waals surface area (Å²) in [5, 5.41) is 2.57. The Kier molecular flexibility index (Phi) is 7.21. The van der Waals surface area contributed by atoms with E-state index in [2.05, 4.69) is 127 Å². The summed E-state index contributed by atoms with van der Waals surface area (Å²) in [4.78, 5) is 0. The molecule has 0 aliphatic rings. The highest BCUT2D eigenvalue weighted by Crippen LogP contribution is 2.46. The SMILES string of the molecule is CC(C)(C)c1cc([Si]([Si](C)(C)C(C)(C)C)[Si](C)(C)C(C)(C)C)cc(C(C)(C)C)c1. The van der Waals surface area contributed by atoms with Crippen molar-refractivity contribution in [2.75, 3.05) is 0 Å². The molecule has 0 bridgehead atoms. The fourth-order valence-electron chi connectivity index (χ4n) is 3.89. The zero-order valence-electron chi connectivity index (χ0n) is 22.7. The van der Waals surface area contributed by atoms with Gasteiger partial charge in [0, 0.05) is 15.2 Å². The van der Waals surface area contributed by atoms with Crippen molar-refractivity contribution in [2.45, 2.75) is 130 Å². The second kappa shape index (κ2) is 7.78. The Balaban J connectivity index is 4.01. The van der Waals surface area contributed by atoms with Crippen LogP contribution in [-0.2, 0) is 10.8 Å². The van der Waals surface area contributed by atoms with Crippen LogP contribution in [-0.4, -0.2) is 23.0 Å². The minimum atomic E-state index is -1.52. The van der Waals surface area contributed by atoms with Crippen molar-refractivity contribution < 1.29 is 0 Å². The maximum Gasteiger partial charge on any atom is 0.0712 e. The lowest BCUT2D eigenvalue weighted by Crippen LogP contribution is -2.73.